The summed E-state index contributed by atoms with van der Waals surface area (Å²) in [6.45, 7) is 10.0. The summed E-state index contributed by atoms with van der Waals surface area (Å²) in [5.41, 5.74) is 3.95. The predicted octanol–water partition coefficient (Wildman–Crippen LogP) is 4.57. The molecule has 0 atom stereocenters. The quantitative estimate of drug-likeness (QED) is 0.761. The fourth-order valence-corrected chi connectivity index (χ4v) is 3.66. The second-order valence-corrected chi connectivity index (χ2v) is 8.84. The van der Waals surface area contributed by atoms with Gasteiger partial charge >= 0.3 is 6.09 Å². The molecule has 0 radical (unpaired) electrons. The molecule has 1 saturated heterocycles. The van der Waals surface area contributed by atoms with Crippen molar-refractivity contribution in [2.75, 3.05) is 13.1 Å². The van der Waals surface area contributed by atoms with Crippen LogP contribution in [0.5, 0.6) is 0 Å². The number of amides is 1. The molecule has 1 fully saturated rings. The molecule has 0 saturated carbocycles. The zero-order valence-corrected chi connectivity index (χ0v) is 17.8. The molecule has 2 aromatic rings. The summed E-state index contributed by atoms with van der Waals surface area (Å²) >= 11 is 0. The van der Waals surface area contributed by atoms with Crippen molar-refractivity contribution in [3.05, 3.63) is 41.7 Å². The normalized spacial score (nSPS) is 15.2. The van der Waals surface area contributed by atoms with Crippen LogP contribution in [0.4, 0.5) is 4.79 Å². The summed E-state index contributed by atoms with van der Waals surface area (Å²) in [7, 11) is 0. The van der Waals surface area contributed by atoms with Crippen molar-refractivity contribution in [1.29, 1.82) is 5.26 Å². The van der Waals surface area contributed by atoms with Crippen molar-refractivity contribution < 1.29 is 9.53 Å². The Kier molecular flexibility index (Phi) is 6.26. The maximum absolute atomic E-state index is 12.2. The maximum atomic E-state index is 12.2. The van der Waals surface area contributed by atoms with E-state index in [0.717, 1.165) is 54.7 Å². The van der Waals surface area contributed by atoms with Gasteiger partial charge in [-0.3, -0.25) is 4.68 Å². The van der Waals surface area contributed by atoms with Gasteiger partial charge in [-0.1, -0.05) is 18.2 Å². The topological polar surface area (TPSA) is 71.2 Å². The molecule has 1 aromatic carbocycles. The average Bonchev–Trinajstić information content (AvgIpc) is 3.11. The third-order valence-corrected chi connectivity index (χ3v) is 5.29. The van der Waals surface area contributed by atoms with E-state index in [2.05, 4.69) is 29.5 Å². The average molecular weight is 395 g/mol. The Morgan fingerprint density at radius 2 is 2.00 bits per heavy atom. The lowest BCUT2D eigenvalue weighted by Gasteiger charge is -2.33. The number of carbonyl (C=O) groups excluding carboxylic acids is 1. The summed E-state index contributed by atoms with van der Waals surface area (Å²) in [5, 5.41) is 13.4. The van der Waals surface area contributed by atoms with E-state index in [4.69, 9.17) is 10.00 Å². The molecule has 6 heteroatoms. The summed E-state index contributed by atoms with van der Waals surface area (Å²) in [4.78, 5) is 14.0. The fourth-order valence-electron chi connectivity index (χ4n) is 3.66. The van der Waals surface area contributed by atoms with E-state index >= 15 is 0 Å². The molecule has 6 nitrogen and oxygen atoms in total. The molecule has 0 aliphatic carbocycles. The van der Waals surface area contributed by atoms with Crippen molar-refractivity contribution in [3.63, 3.8) is 0 Å². The first-order chi connectivity index (χ1) is 13.7. The molecule has 2 heterocycles. The SMILES string of the molecule is Cc1cc(-c2cnn(CC3CCN(C(=O)OC(C)(C)C)CC3)c2)ccc1CC#N. The van der Waals surface area contributed by atoms with Crippen molar-refractivity contribution in [3.8, 4) is 17.2 Å². The molecule has 154 valence electrons. The summed E-state index contributed by atoms with van der Waals surface area (Å²) in [5.74, 6) is 0.501. The Morgan fingerprint density at radius 3 is 2.62 bits per heavy atom. The van der Waals surface area contributed by atoms with Crippen molar-refractivity contribution >= 4 is 6.09 Å². The van der Waals surface area contributed by atoms with E-state index in [0.29, 0.717) is 12.3 Å². The minimum Gasteiger partial charge on any atom is -0.444 e. The number of aromatic nitrogens is 2. The van der Waals surface area contributed by atoms with Gasteiger partial charge in [0.25, 0.3) is 0 Å². The van der Waals surface area contributed by atoms with E-state index in [1.54, 1.807) is 0 Å². The van der Waals surface area contributed by atoms with Crippen LogP contribution in [0.2, 0.25) is 0 Å². The van der Waals surface area contributed by atoms with Crippen LogP contribution >= 0.6 is 0 Å². The van der Waals surface area contributed by atoms with Gasteiger partial charge in [-0.2, -0.15) is 10.4 Å². The first kappa shape index (κ1) is 20.9. The van der Waals surface area contributed by atoms with Gasteiger partial charge in [-0.05, 0) is 63.1 Å². The molecule has 1 aliphatic rings. The number of hydrogen-bond donors (Lipinski definition) is 0. The van der Waals surface area contributed by atoms with E-state index in [1.165, 1.54) is 0 Å². The second kappa shape index (κ2) is 8.69. The predicted molar refractivity (Wildman–Crippen MR) is 112 cm³/mol. The molecule has 29 heavy (non-hydrogen) atoms. The third kappa shape index (κ3) is 5.60. The lowest BCUT2D eigenvalue weighted by atomic mass is 9.97. The Labute approximate surface area is 173 Å². The first-order valence-electron chi connectivity index (χ1n) is 10.2. The molecule has 0 spiro atoms. The number of benzene rings is 1. The van der Waals surface area contributed by atoms with Gasteiger partial charge in [0.2, 0.25) is 0 Å². The molecular formula is C23H30N4O2. The molecule has 3 rings (SSSR count). The van der Waals surface area contributed by atoms with Crippen LogP contribution in [0.15, 0.2) is 30.6 Å². The Bertz CT molecular complexity index is 896. The highest BCUT2D eigenvalue weighted by molar-refractivity contribution is 5.68. The molecule has 1 amide bonds. The highest BCUT2D eigenvalue weighted by atomic mass is 16.6. The van der Waals surface area contributed by atoms with E-state index < -0.39 is 5.60 Å². The summed E-state index contributed by atoms with van der Waals surface area (Å²) < 4.78 is 7.47. The lowest BCUT2D eigenvalue weighted by Crippen LogP contribution is -2.42. The largest absolute Gasteiger partial charge is 0.444 e. The van der Waals surface area contributed by atoms with Gasteiger partial charge in [-0.15, -0.1) is 0 Å². The number of nitrogens with zero attached hydrogens (tertiary/aromatic N) is 4. The van der Waals surface area contributed by atoms with Crippen LogP contribution in [0.1, 0.15) is 44.7 Å². The van der Waals surface area contributed by atoms with Crippen LogP contribution in [-0.2, 0) is 17.7 Å². The molecular weight excluding hydrogens is 364 g/mol. The Hall–Kier alpha value is -2.81. The number of piperidine rings is 1. The van der Waals surface area contributed by atoms with Crippen LogP contribution in [-0.4, -0.2) is 39.5 Å². The van der Waals surface area contributed by atoms with E-state index in [1.807, 2.05) is 49.5 Å². The summed E-state index contributed by atoms with van der Waals surface area (Å²) in [6.07, 6.45) is 6.11. The number of hydrogen-bond acceptors (Lipinski definition) is 4. The highest BCUT2D eigenvalue weighted by Crippen LogP contribution is 2.24. The molecule has 0 unspecified atom stereocenters. The standard InChI is InChI=1S/C23H30N4O2/c1-17-13-20(6-5-19(17)7-10-24)21-14-25-27(16-21)15-18-8-11-26(12-9-18)22(28)29-23(2,3)4/h5-6,13-14,16,18H,7-9,11-12,15H2,1-4H3. The minimum absolute atomic E-state index is 0.215. The number of nitriles is 1. The van der Waals surface area contributed by atoms with Gasteiger partial charge in [0.1, 0.15) is 5.60 Å². The highest BCUT2D eigenvalue weighted by Gasteiger charge is 2.27. The maximum Gasteiger partial charge on any atom is 0.410 e. The number of likely N-dealkylation sites (tertiary alicyclic amines) is 1. The van der Waals surface area contributed by atoms with E-state index in [9.17, 15) is 4.79 Å². The van der Waals surface area contributed by atoms with Crippen molar-refractivity contribution in [2.45, 2.75) is 59.1 Å². The fraction of sp³-hybridized carbons (Fsp3) is 0.522. The minimum atomic E-state index is -0.454. The Morgan fingerprint density at radius 1 is 1.28 bits per heavy atom. The van der Waals surface area contributed by atoms with Crippen LogP contribution < -0.4 is 0 Å². The van der Waals surface area contributed by atoms with Gasteiger partial charge in [-0.25, -0.2) is 4.79 Å². The number of rotatable bonds is 4. The number of aryl methyl sites for hydroxylation is 1. The molecule has 0 bridgehead atoms. The number of carbonyl (C=O) groups is 1. The van der Waals surface area contributed by atoms with Crippen LogP contribution in [0, 0.1) is 24.2 Å². The van der Waals surface area contributed by atoms with Crippen molar-refractivity contribution in [1.82, 2.24) is 14.7 Å². The molecule has 1 aliphatic heterocycles. The van der Waals surface area contributed by atoms with Crippen LogP contribution in [0.3, 0.4) is 0 Å². The second-order valence-electron chi connectivity index (χ2n) is 8.84. The van der Waals surface area contributed by atoms with Gasteiger partial charge in [0.15, 0.2) is 0 Å². The Balaban J connectivity index is 1.56. The third-order valence-electron chi connectivity index (χ3n) is 5.29. The van der Waals surface area contributed by atoms with Gasteiger partial charge in [0.05, 0.1) is 18.7 Å². The number of ether oxygens (including phenoxy) is 1. The lowest BCUT2D eigenvalue weighted by molar-refractivity contribution is 0.0177. The monoisotopic (exact) mass is 394 g/mol. The molecule has 1 aromatic heterocycles. The van der Waals surface area contributed by atoms with Gasteiger partial charge < -0.3 is 9.64 Å². The molecule has 0 N–H and O–H groups in total. The van der Waals surface area contributed by atoms with Crippen molar-refractivity contribution in [2.24, 2.45) is 5.92 Å². The van der Waals surface area contributed by atoms with Crippen LogP contribution in [0.25, 0.3) is 11.1 Å². The van der Waals surface area contributed by atoms with Gasteiger partial charge in [0, 0.05) is 31.4 Å². The zero-order chi connectivity index (χ0) is 21.0. The first-order valence-corrected chi connectivity index (χ1v) is 10.2. The smallest absolute Gasteiger partial charge is 0.410 e. The zero-order valence-electron chi connectivity index (χ0n) is 17.8. The van der Waals surface area contributed by atoms with E-state index in [-0.39, 0.29) is 6.09 Å². The summed E-state index contributed by atoms with van der Waals surface area (Å²) in [6, 6.07) is 8.41.